The molecule has 4 N–H and O–H groups in total. The van der Waals surface area contributed by atoms with Crippen molar-refractivity contribution >= 4 is 22.3 Å². The SMILES string of the molecule is CCC(C)(CCO)Nc1ccc(N)c2cccnc12. The van der Waals surface area contributed by atoms with Crippen molar-refractivity contribution in [1.82, 2.24) is 4.98 Å². The van der Waals surface area contributed by atoms with E-state index in [4.69, 9.17) is 5.73 Å². The van der Waals surface area contributed by atoms with E-state index in [-0.39, 0.29) is 12.1 Å². The molecule has 19 heavy (non-hydrogen) atoms. The molecule has 102 valence electrons. The van der Waals surface area contributed by atoms with E-state index in [0.29, 0.717) is 6.42 Å². The predicted molar refractivity (Wildman–Crippen MR) is 80.2 cm³/mol. The van der Waals surface area contributed by atoms with E-state index in [1.165, 1.54) is 0 Å². The second-order valence-corrected chi connectivity index (χ2v) is 5.11. The standard InChI is InChI=1S/C15H21N3O/c1-3-15(2,8-10-19)18-13-7-6-12(16)11-5-4-9-17-14(11)13/h4-7,9,18-19H,3,8,10,16H2,1-2H3. The van der Waals surface area contributed by atoms with Crippen LogP contribution in [0.5, 0.6) is 0 Å². The van der Waals surface area contributed by atoms with Crippen LogP contribution in [0.15, 0.2) is 30.5 Å². The van der Waals surface area contributed by atoms with Gasteiger partial charge in [0.15, 0.2) is 0 Å². The summed E-state index contributed by atoms with van der Waals surface area (Å²) in [7, 11) is 0. The molecule has 0 aliphatic rings. The summed E-state index contributed by atoms with van der Waals surface area (Å²) in [5, 5.41) is 13.6. The highest BCUT2D eigenvalue weighted by molar-refractivity contribution is 5.98. The number of nitrogens with one attached hydrogen (secondary N) is 1. The first kappa shape index (κ1) is 13.6. The van der Waals surface area contributed by atoms with Crippen molar-refractivity contribution in [2.24, 2.45) is 0 Å². The minimum absolute atomic E-state index is 0.144. The van der Waals surface area contributed by atoms with E-state index in [1.54, 1.807) is 6.20 Å². The number of hydrogen-bond acceptors (Lipinski definition) is 4. The molecule has 0 fully saturated rings. The molecule has 1 unspecified atom stereocenters. The van der Waals surface area contributed by atoms with Crippen molar-refractivity contribution in [2.45, 2.75) is 32.2 Å². The van der Waals surface area contributed by atoms with Gasteiger partial charge in [0.2, 0.25) is 0 Å². The van der Waals surface area contributed by atoms with Crippen molar-refractivity contribution in [3.05, 3.63) is 30.5 Å². The number of rotatable bonds is 5. The number of aliphatic hydroxyl groups excluding tert-OH is 1. The number of benzene rings is 1. The van der Waals surface area contributed by atoms with Crippen LogP contribution in [0.2, 0.25) is 0 Å². The summed E-state index contributed by atoms with van der Waals surface area (Å²) in [5.41, 5.74) is 8.40. The van der Waals surface area contributed by atoms with Gasteiger partial charge in [0.05, 0.1) is 11.2 Å². The molecule has 1 aromatic carbocycles. The van der Waals surface area contributed by atoms with E-state index in [9.17, 15) is 5.11 Å². The lowest BCUT2D eigenvalue weighted by Crippen LogP contribution is -2.35. The van der Waals surface area contributed by atoms with Gasteiger partial charge in [0, 0.05) is 29.4 Å². The smallest absolute Gasteiger partial charge is 0.0954 e. The monoisotopic (exact) mass is 259 g/mol. The topological polar surface area (TPSA) is 71.2 Å². The zero-order valence-electron chi connectivity index (χ0n) is 11.5. The average Bonchev–Trinajstić information content (AvgIpc) is 2.43. The lowest BCUT2D eigenvalue weighted by atomic mass is 9.94. The molecule has 2 rings (SSSR count). The van der Waals surface area contributed by atoms with Crippen molar-refractivity contribution in [3.8, 4) is 0 Å². The number of aliphatic hydroxyl groups is 1. The fourth-order valence-electron chi connectivity index (χ4n) is 2.20. The minimum Gasteiger partial charge on any atom is -0.398 e. The Balaban J connectivity index is 2.43. The Kier molecular flexibility index (Phi) is 3.90. The molecule has 1 atom stereocenters. The van der Waals surface area contributed by atoms with Crippen LogP contribution in [-0.2, 0) is 0 Å². The molecule has 0 spiro atoms. The van der Waals surface area contributed by atoms with Gasteiger partial charge in [-0.15, -0.1) is 0 Å². The fraction of sp³-hybridized carbons (Fsp3) is 0.400. The molecule has 4 nitrogen and oxygen atoms in total. The van der Waals surface area contributed by atoms with Gasteiger partial charge in [-0.05, 0) is 44.0 Å². The highest BCUT2D eigenvalue weighted by atomic mass is 16.3. The van der Waals surface area contributed by atoms with E-state index in [2.05, 4.69) is 24.1 Å². The zero-order chi connectivity index (χ0) is 13.9. The molecule has 1 heterocycles. The van der Waals surface area contributed by atoms with Crippen molar-refractivity contribution in [1.29, 1.82) is 0 Å². The highest BCUT2D eigenvalue weighted by Crippen LogP contribution is 2.30. The van der Waals surface area contributed by atoms with E-state index < -0.39 is 0 Å². The van der Waals surface area contributed by atoms with Gasteiger partial charge in [-0.2, -0.15) is 0 Å². The Morgan fingerprint density at radius 3 is 2.84 bits per heavy atom. The van der Waals surface area contributed by atoms with Crippen LogP contribution in [0.1, 0.15) is 26.7 Å². The maximum Gasteiger partial charge on any atom is 0.0954 e. The Hall–Kier alpha value is -1.81. The summed E-state index contributed by atoms with van der Waals surface area (Å²) in [5.74, 6) is 0. The molecule has 2 aromatic rings. The summed E-state index contributed by atoms with van der Waals surface area (Å²) in [4.78, 5) is 4.42. The number of fused-ring (bicyclic) bond motifs is 1. The first-order valence-corrected chi connectivity index (χ1v) is 6.62. The molecular formula is C15H21N3O. The second-order valence-electron chi connectivity index (χ2n) is 5.11. The van der Waals surface area contributed by atoms with Crippen LogP contribution in [0.25, 0.3) is 10.9 Å². The third-order valence-corrected chi connectivity index (χ3v) is 3.68. The molecule has 0 saturated heterocycles. The summed E-state index contributed by atoms with van der Waals surface area (Å²) in [6.07, 6.45) is 3.39. The van der Waals surface area contributed by atoms with Gasteiger partial charge in [-0.3, -0.25) is 4.98 Å². The number of anilines is 2. The minimum atomic E-state index is -0.144. The van der Waals surface area contributed by atoms with E-state index in [0.717, 1.165) is 28.7 Å². The Bertz CT molecular complexity index is 570. The van der Waals surface area contributed by atoms with E-state index in [1.807, 2.05) is 24.3 Å². The van der Waals surface area contributed by atoms with Gasteiger partial charge < -0.3 is 16.2 Å². The quantitative estimate of drug-likeness (QED) is 0.722. The number of pyridine rings is 1. The maximum absolute atomic E-state index is 9.19. The first-order chi connectivity index (χ1) is 9.09. The third-order valence-electron chi connectivity index (χ3n) is 3.68. The van der Waals surface area contributed by atoms with Gasteiger partial charge in [-0.25, -0.2) is 0 Å². The maximum atomic E-state index is 9.19. The fourth-order valence-corrected chi connectivity index (χ4v) is 2.20. The van der Waals surface area contributed by atoms with Gasteiger partial charge >= 0.3 is 0 Å². The van der Waals surface area contributed by atoms with Crippen molar-refractivity contribution in [2.75, 3.05) is 17.7 Å². The lowest BCUT2D eigenvalue weighted by Gasteiger charge is -2.30. The summed E-state index contributed by atoms with van der Waals surface area (Å²) < 4.78 is 0. The summed E-state index contributed by atoms with van der Waals surface area (Å²) in [6.45, 7) is 4.38. The molecule has 0 saturated carbocycles. The van der Waals surface area contributed by atoms with Crippen LogP contribution >= 0.6 is 0 Å². The lowest BCUT2D eigenvalue weighted by molar-refractivity contribution is 0.252. The summed E-state index contributed by atoms with van der Waals surface area (Å²) >= 11 is 0. The normalized spacial score (nSPS) is 14.3. The number of aromatic nitrogens is 1. The number of nitrogen functional groups attached to an aromatic ring is 1. The van der Waals surface area contributed by atoms with Crippen LogP contribution in [-0.4, -0.2) is 22.2 Å². The Morgan fingerprint density at radius 2 is 2.16 bits per heavy atom. The van der Waals surface area contributed by atoms with Gasteiger partial charge in [0.1, 0.15) is 0 Å². The van der Waals surface area contributed by atoms with Crippen molar-refractivity contribution in [3.63, 3.8) is 0 Å². The number of hydrogen-bond donors (Lipinski definition) is 3. The van der Waals surface area contributed by atoms with Crippen molar-refractivity contribution < 1.29 is 5.11 Å². The van der Waals surface area contributed by atoms with Crippen LogP contribution in [0.3, 0.4) is 0 Å². The molecule has 0 amide bonds. The average molecular weight is 259 g/mol. The molecule has 0 radical (unpaired) electrons. The van der Waals surface area contributed by atoms with Crippen LogP contribution < -0.4 is 11.1 Å². The molecule has 4 heteroatoms. The highest BCUT2D eigenvalue weighted by Gasteiger charge is 2.22. The third kappa shape index (κ3) is 2.79. The molecule has 1 aromatic heterocycles. The van der Waals surface area contributed by atoms with Crippen LogP contribution in [0.4, 0.5) is 11.4 Å². The second kappa shape index (κ2) is 5.45. The molecule has 0 aliphatic heterocycles. The largest absolute Gasteiger partial charge is 0.398 e. The molecule has 0 aliphatic carbocycles. The Labute approximate surface area is 113 Å². The van der Waals surface area contributed by atoms with Gasteiger partial charge in [-0.1, -0.05) is 6.92 Å². The molecular weight excluding hydrogens is 238 g/mol. The van der Waals surface area contributed by atoms with Crippen LogP contribution in [0, 0.1) is 0 Å². The Morgan fingerprint density at radius 1 is 1.37 bits per heavy atom. The van der Waals surface area contributed by atoms with E-state index >= 15 is 0 Å². The summed E-state index contributed by atoms with van der Waals surface area (Å²) in [6, 6.07) is 7.70. The number of nitrogens with two attached hydrogens (primary N) is 1. The zero-order valence-corrected chi connectivity index (χ0v) is 11.5. The predicted octanol–water partition coefficient (Wildman–Crippen LogP) is 2.78. The number of nitrogens with zero attached hydrogens (tertiary/aromatic N) is 1. The first-order valence-electron chi connectivity index (χ1n) is 6.62. The van der Waals surface area contributed by atoms with Gasteiger partial charge in [0.25, 0.3) is 0 Å². The molecule has 0 bridgehead atoms.